The van der Waals surface area contributed by atoms with Gasteiger partial charge in [-0.1, -0.05) is 20.8 Å². The largest absolute Gasteiger partial charge is 0.444 e. The van der Waals surface area contributed by atoms with Crippen LogP contribution in [0.5, 0.6) is 0 Å². The Morgan fingerprint density at radius 1 is 0.893 bits per heavy atom. The van der Waals surface area contributed by atoms with E-state index in [0.717, 1.165) is 13.1 Å². The summed E-state index contributed by atoms with van der Waals surface area (Å²) in [6.45, 7) is 14.5. The fraction of sp³-hybridized carbons (Fsp3) is 0.850. The molecule has 0 atom stereocenters. The molecule has 2 aliphatic heterocycles. The molecule has 0 saturated carbocycles. The van der Waals surface area contributed by atoms with Gasteiger partial charge in [-0.2, -0.15) is 0 Å². The third-order valence-electron chi connectivity index (χ3n) is 5.12. The number of carbonyl (C=O) groups excluding carboxylic acids is 3. The summed E-state index contributed by atoms with van der Waals surface area (Å²) in [4.78, 5) is 42.0. The van der Waals surface area contributed by atoms with Crippen molar-refractivity contribution in [1.29, 1.82) is 0 Å². The molecule has 0 bridgehead atoms. The van der Waals surface area contributed by atoms with Crippen molar-refractivity contribution < 1.29 is 19.1 Å². The molecular weight excluding hydrogens is 360 g/mol. The van der Waals surface area contributed by atoms with E-state index >= 15 is 0 Å². The maximum Gasteiger partial charge on any atom is 0.410 e. The van der Waals surface area contributed by atoms with E-state index in [1.54, 1.807) is 4.90 Å². The standard InChI is InChI=1S/C20H36N4O4/c1-18(2,3)15(25)22-20(16(26)23-13-9-21-10-14-23)7-11-24(12-8-20)17(27)28-19(4,5)6/h21H,7-14H2,1-6H3,(H,22,25). The molecule has 0 radical (unpaired) electrons. The Kier molecular flexibility index (Phi) is 6.63. The van der Waals surface area contributed by atoms with E-state index in [9.17, 15) is 14.4 Å². The fourth-order valence-corrected chi connectivity index (χ4v) is 3.37. The van der Waals surface area contributed by atoms with Crippen LogP contribution in [-0.4, -0.2) is 78.1 Å². The van der Waals surface area contributed by atoms with E-state index in [1.165, 1.54) is 0 Å². The van der Waals surface area contributed by atoms with Crippen LogP contribution in [-0.2, 0) is 14.3 Å². The number of hydrogen-bond donors (Lipinski definition) is 2. The molecule has 2 heterocycles. The van der Waals surface area contributed by atoms with Crippen LogP contribution >= 0.6 is 0 Å². The Morgan fingerprint density at radius 2 is 1.43 bits per heavy atom. The monoisotopic (exact) mass is 396 g/mol. The lowest BCUT2D eigenvalue weighted by Gasteiger charge is -2.45. The molecule has 0 aromatic heterocycles. The first-order valence-electron chi connectivity index (χ1n) is 10.1. The summed E-state index contributed by atoms with van der Waals surface area (Å²) < 4.78 is 5.45. The predicted octanol–water partition coefficient (Wildman–Crippen LogP) is 1.35. The maximum atomic E-state index is 13.4. The summed E-state index contributed by atoms with van der Waals surface area (Å²) in [7, 11) is 0. The van der Waals surface area contributed by atoms with Gasteiger partial charge in [-0.3, -0.25) is 9.59 Å². The Hall–Kier alpha value is -1.83. The van der Waals surface area contributed by atoms with Gasteiger partial charge in [-0.25, -0.2) is 4.79 Å². The highest BCUT2D eigenvalue weighted by molar-refractivity contribution is 5.93. The van der Waals surface area contributed by atoms with E-state index in [-0.39, 0.29) is 17.9 Å². The molecule has 8 nitrogen and oxygen atoms in total. The average molecular weight is 397 g/mol. The molecule has 2 saturated heterocycles. The van der Waals surface area contributed by atoms with E-state index < -0.39 is 16.6 Å². The molecule has 28 heavy (non-hydrogen) atoms. The van der Waals surface area contributed by atoms with Gasteiger partial charge in [-0.05, 0) is 33.6 Å². The van der Waals surface area contributed by atoms with Gasteiger partial charge in [0.15, 0.2) is 0 Å². The number of likely N-dealkylation sites (tertiary alicyclic amines) is 1. The Bertz CT molecular complexity index is 592. The van der Waals surface area contributed by atoms with Crippen LogP contribution in [0.3, 0.4) is 0 Å². The minimum absolute atomic E-state index is 0.0459. The summed E-state index contributed by atoms with van der Waals surface area (Å²) in [5, 5.41) is 6.29. The van der Waals surface area contributed by atoms with Crippen molar-refractivity contribution in [1.82, 2.24) is 20.4 Å². The van der Waals surface area contributed by atoms with Crippen molar-refractivity contribution in [2.45, 2.75) is 65.5 Å². The van der Waals surface area contributed by atoms with Crippen molar-refractivity contribution in [3.05, 3.63) is 0 Å². The van der Waals surface area contributed by atoms with E-state index in [1.807, 2.05) is 46.4 Å². The van der Waals surface area contributed by atoms with Crippen molar-refractivity contribution in [2.24, 2.45) is 5.41 Å². The van der Waals surface area contributed by atoms with E-state index in [4.69, 9.17) is 4.74 Å². The van der Waals surface area contributed by atoms with E-state index in [2.05, 4.69) is 10.6 Å². The highest BCUT2D eigenvalue weighted by Gasteiger charge is 2.47. The highest BCUT2D eigenvalue weighted by atomic mass is 16.6. The molecule has 2 fully saturated rings. The number of piperidine rings is 1. The number of nitrogens with one attached hydrogen (secondary N) is 2. The molecular formula is C20H36N4O4. The van der Waals surface area contributed by atoms with Gasteiger partial charge in [0.05, 0.1) is 0 Å². The summed E-state index contributed by atoms with van der Waals surface area (Å²) >= 11 is 0. The summed E-state index contributed by atoms with van der Waals surface area (Å²) in [6, 6.07) is 0. The van der Waals surface area contributed by atoms with Crippen LogP contribution in [0.25, 0.3) is 0 Å². The molecule has 0 unspecified atom stereocenters. The molecule has 2 N–H and O–H groups in total. The number of ether oxygens (including phenoxy) is 1. The molecule has 2 aliphatic rings. The first-order chi connectivity index (χ1) is 12.8. The lowest BCUT2D eigenvalue weighted by molar-refractivity contribution is -0.146. The maximum absolute atomic E-state index is 13.4. The second-order valence-corrected chi connectivity index (χ2v) is 9.80. The van der Waals surface area contributed by atoms with Crippen molar-refractivity contribution >= 4 is 17.9 Å². The van der Waals surface area contributed by atoms with Gasteiger partial charge >= 0.3 is 6.09 Å². The summed E-state index contributed by atoms with van der Waals surface area (Å²) in [6.07, 6.45) is 0.395. The van der Waals surface area contributed by atoms with Gasteiger partial charge in [0.25, 0.3) is 0 Å². The number of hydrogen-bond acceptors (Lipinski definition) is 5. The third-order valence-corrected chi connectivity index (χ3v) is 5.12. The van der Waals surface area contributed by atoms with Crippen LogP contribution in [0, 0.1) is 5.41 Å². The topological polar surface area (TPSA) is 91.0 Å². The zero-order chi connectivity index (χ0) is 21.2. The zero-order valence-electron chi connectivity index (χ0n) is 18.2. The SMILES string of the molecule is CC(C)(C)OC(=O)N1CCC(NC(=O)C(C)(C)C)(C(=O)N2CCNCC2)CC1. The number of nitrogens with zero attached hydrogens (tertiary/aromatic N) is 2. The second kappa shape index (κ2) is 8.27. The quantitative estimate of drug-likeness (QED) is 0.735. The normalized spacial score (nSPS) is 20.5. The first kappa shape index (κ1) is 22.5. The van der Waals surface area contributed by atoms with E-state index in [0.29, 0.717) is 39.0 Å². The minimum atomic E-state index is -0.972. The van der Waals surface area contributed by atoms with Crippen LogP contribution < -0.4 is 10.6 Å². The molecule has 8 heteroatoms. The van der Waals surface area contributed by atoms with Crippen LogP contribution in [0.15, 0.2) is 0 Å². The fourth-order valence-electron chi connectivity index (χ4n) is 3.37. The van der Waals surface area contributed by atoms with Gasteiger partial charge in [0.2, 0.25) is 11.8 Å². The second-order valence-electron chi connectivity index (χ2n) is 9.80. The lowest BCUT2D eigenvalue weighted by atomic mass is 9.83. The summed E-state index contributed by atoms with van der Waals surface area (Å²) in [5.41, 5.74) is -2.14. The molecule has 2 rings (SSSR count). The molecule has 0 aromatic rings. The number of rotatable bonds is 2. The smallest absolute Gasteiger partial charge is 0.410 e. The molecule has 160 valence electrons. The van der Waals surface area contributed by atoms with Crippen molar-refractivity contribution in [3.8, 4) is 0 Å². The average Bonchev–Trinajstić information content (AvgIpc) is 2.60. The molecule has 0 spiro atoms. The molecule has 3 amide bonds. The Morgan fingerprint density at radius 3 is 1.89 bits per heavy atom. The van der Waals surface area contributed by atoms with Gasteiger partial charge in [0.1, 0.15) is 11.1 Å². The van der Waals surface area contributed by atoms with Gasteiger partial charge < -0.3 is 25.2 Å². The van der Waals surface area contributed by atoms with Gasteiger partial charge in [-0.15, -0.1) is 0 Å². The minimum Gasteiger partial charge on any atom is -0.444 e. The van der Waals surface area contributed by atoms with Crippen LogP contribution in [0.1, 0.15) is 54.4 Å². The zero-order valence-corrected chi connectivity index (χ0v) is 18.2. The molecule has 0 aliphatic carbocycles. The number of piperazine rings is 1. The van der Waals surface area contributed by atoms with Crippen LogP contribution in [0.4, 0.5) is 4.79 Å². The first-order valence-corrected chi connectivity index (χ1v) is 10.1. The number of carbonyl (C=O) groups is 3. The van der Waals surface area contributed by atoms with Crippen molar-refractivity contribution in [3.63, 3.8) is 0 Å². The highest BCUT2D eigenvalue weighted by Crippen LogP contribution is 2.28. The Labute approximate surface area is 168 Å². The Balaban J connectivity index is 2.15. The van der Waals surface area contributed by atoms with Crippen molar-refractivity contribution in [2.75, 3.05) is 39.3 Å². The molecule has 0 aromatic carbocycles. The van der Waals surface area contributed by atoms with Crippen LogP contribution in [0.2, 0.25) is 0 Å². The lowest BCUT2D eigenvalue weighted by Crippen LogP contribution is -2.67. The summed E-state index contributed by atoms with van der Waals surface area (Å²) in [5.74, 6) is -0.197. The number of amides is 3. The predicted molar refractivity (Wildman–Crippen MR) is 107 cm³/mol. The van der Waals surface area contributed by atoms with Gasteiger partial charge in [0, 0.05) is 44.7 Å². The third kappa shape index (κ3) is 5.59.